The summed E-state index contributed by atoms with van der Waals surface area (Å²) in [4.78, 5) is 15.3. The summed E-state index contributed by atoms with van der Waals surface area (Å²) in [6.07, 6.45) is -2.46. The summed E-state index contributed by atoms with van der Waals surface area (Å²) in [6.45, 7) is 4.87. The molecule has 0 bridgehead atoms. The van der Waals surface area contributed by atoms with Crippen molar-refractivity contribution < 1.29 is 31.3 Å². The third-order valence-electron chi connectivity index (χ3n) is 5.58. The number of alkyl halides is 3. The van der Waals surface area contributed by atoms with Gasteiger partial charge in [-0.3, -0.25) is 4.79 Å². The van der Waals surface area contributed by atoms with Gasteiger partial charge in [0, 0.05) is 13.1 Å². The van der Waals surface area contributed by atoms with Crippen LogP contribution >= 0.6 is 0 Å². The average molecular weight is 420 g/mol. The molecule has 2 saturated heterocycles. The van der Waals surface area contributed by atoms with E-state index in [0.29, 0.717) is 13.1 Å². The minimum absolute atomic E-state index is 0.103. The first-order valence-electron chi connectivity index (χ1n) is 9.41. The predicted molar refractivity (Wildman–Crippen MR) is 96.2 cm³/mol. The van der Waals surface area contributed by atoms with Gasteiger partial charge < -0.3 is 9.80 Å². The molecule has 1 aromatic rings. The van der Waals surface area contributed by atoms with Crippen molar-refractivity contribution in [1.29, 1.82) is 0 Å². The molecule has 2 aliphatic heterocycles. The first-order valence-corrected chi connectivity index (χ1v) is 10.9. The highest BCUT2D eigenvalue weighted by Crippen LogP contribution is 2.30. The fraction of sp³-hybridized carbons (Fsp3) is 0.611. The molecule has 28 heavy (non-hydrogen) atoms. The van der Waals surface area contributed by atoms with Crippen molar-refractivity contribution in [3.63, 3.8) is 0 Å². The van der Waals surface area contributed by atoms with Crippen LogP contribution in [-0.4, -0.2) is 68.8 Å². The number of piperazine rings is 1. The van der Waals surface area contributed by atoms with E-state index in [0.717, 1.165) is 55.1 Å². The normalized spacial score (nSPS) is 21.1. The highest BCUT2D eigenvalue weighted by atomic mass is 32.2. The monoisotopic (exact) mass is 420 g/mol. The lowest BCUT2D eigenvalue weighted by Crippen LogP contribution is -3.19. The standard InChI is InChI=1S/C18H24F3N3O3S/c1-14(17(25)23-8-2-3-9-23)22-10-12-24(13-11-22)28(26,27)16-6-4-15(5-7-16)18(19,20)21/h4-7,14H,2-3,8-13H2,1H3/p+1/t14-/m0/s1. The molecule has 156 valence electrons. The highest BCUT2D eigenvalue weighted by Gasteiger charge is 2.37. The topological polar surface area (TPSA) is 62.1 Å². The lowest BCUT2D eigenvalue weighted by Gasteiger charge is -2.35. The van der Waals surface area contributed by atoms with Crippen LogP contribution in [0.4, 0.5) is 13.2 Å². The molecule has 2 heterocycles. The van der Waals surface area contributed by atoms with Crippen molar-refractivity contribution in [3.05, 3.63) is 29.8 Å². The van der Waals surface area contributed by atoms with Gasteiger partial charge >= 0.3 is 6.18 Å². The molecule has 2 aliphatic rings. The van der Waals surface area contributed by atoms with Gasteiger partial charge in [-0.1, -0.05) is 0 Å². The summed E-state index contributed by atoms with van der Waals surface area (Å²) < 4.78 is 64.8. The number of halogens is 3. The highest BCUT2D eigenvalue weighted by molar-refractivity contribution is 7.89. The summed E-state index contributed by atoms with van der Waals surface area (Å²) in [5.41, 5.74) is -0.880. The van der Waals surface area contributed by atoms with Gasteiger partial charge in [-0.15, -0.1) is 0 Å². The van der Waals surface area contributed by atoms with Crippen LogP contribution in [0.15, 0.2) is 29.2 Å². The number of rotatable bonds is 4. The number of sulfonamides is 1. The number of nitrogens with one attached hydrogen (secondary N) is 1. The van der Waals surface area contributed by atoms with Gasteiger partial charge in [0.15, 0.2) is 6.04 Å². The second-order valence-electron chi connectivity index (χ2n) is 7.34. The minimum Gasteiger partial charge on any atom is -0.338 e. The molecule has 0 unspecified atom stereocenters. The van der Waals surface area contributed by atoms with E-state index in [1.54, 1.807) is 0 Å². The lowest BCUT2D eigenvalue weighted by atomic mass is 10.2. The molecule has 0 spiro atoms. The van der Waals surface area contributed by atoms with Crippen molar-refractivity contribution in [2.75, 3.05) is 39.3 Å². The van der Waals surface area contributed by atoms with E-state index in [2.05, 4.69) is 0 Å². The largest absolute Gasteiger partial charge is 0.416 e. The van der Waals surface area contributed by atoms with Gasteiger partial charge in [0.05, 0.1) is 36.6 Å². The third kappa shape index (κ3) is 4.33. The lowest BCUT2D eigenvalue weighted by molar-refractivity contribution is -0.918. The van der Waals surface area contributed by atoms with E-state index in [9.17, 15) is 26.4 Å². The van der Waals surface area contributed by atoms with Crippen LogP contribution in [0.25, 0.3) is 0 Å². The molecule has 2 fully saturated rings. The molecule has 10 heteroatoms. The predicted octanol–water partition coefficient (Wildman–Crippen LogP) is 0.606. The maximum atomic E-state index is 12.7. The molecule has 6 nitrogen and oxygen atoms in total. The van der Waals surface area contributed by atoms with Crippen molar-refractivity contribution in [1.82, 2.24) is 9.21 Å². The molecule has 0 saturated carbocycles. The summed E-state index contributed by atoms with van der Waals surface area (Å²) in [5.74, 6) is 0.103. The molecular formula is C18H25F3N3O3S+. The van der Waals surface area contributed by atoms with E-state index >= 15 is 0 Å². The maximum absolute atomic E-state index is 12.7. The van der Waals surface area contributed by atoms with Crippen LogP contribution < -0.4 is 4.90 Å². The Morgan fingerprint density at radius 3 is 2.07 bits per heavy atom. The number of carbonyl (C=O) groups is 1. The van der Waals surface area contributed by atoms with Crippen molar-refractivity contribution in [2.24, 2.45) is 0 Å². The maximum Gasteiger partial charge on any atom is 0.416 e. The fourth-order valence-electron chi connectivity index (χ4n) is 3.80. The molecular weight excluding hydrogens is 395 g/mol. The fourth-order valence-corrected chi connectivity index (χ4v) is 5.24. The zero-order chi connectivity index (χ0) is 20.5. The number of amides is 1. The Kier molecular flexibility index (Phi) is 6.02. The van der Waals surface area contributed by atoms with Crippen molar-refractivity contribution in [3.8, 4) is 0 Å². The van der Waals surface area contributed by atoms with Crippen molar-refractivity contribution >= 4 is 15.9 Å². The Morgan fingerprint density at radius 1 is 1.04 bits per heavy atom. The van der Waals surface area contributed by atoms with Gasteiger partial charge in [-0.05, 0) is 44.0 Å². The summed E-state index contributed by atoms with van der Waals surface area (Å²) in [7, 11) is -3.85. The Morgan fingerprint density at radius 2 is 1.57 bits per heavy atom. The van der Waals surface area contributed by atoms with Crippen LogP contribution in [-0.2, 0) is 21.0 Å². The number of quaternary nitrogens is 1. The second kappa shape index (κ2) is 8.00. The van der Waals surface area contributed by atoms with Crippen LogP contribution in [0.5, 0.6) is 0 Å². The van der Waals surface area contributed by atoms with Crippen LogP contribution in [0.1, 0.15) is 25.3 Å². The first kappa shape index (κ1) is 21.1. The van der Waals surface area contributed by atoms with Crippen LogP contribution in [0.3, 0.4) is 0 Å². The number of likely N-dealkylation sites (tertiary alicyclic amines) is 1. The number of benzene rings is 1. The van der Waals surface area contributed by atoms with Gasteiger partial charge in [-0.2, -0.15) is 17.5 Å². The number of carbonyl (C=O) groups excluding carboxylic acids is 1. The van der Waals surface area contributed by atoms with Crippen LogP contribution in [0, 0.1) is 0 Å². The summed E-state index contributed by atoms with van der Waals surface area (Å²) in [6, 6.07) is 3.33. The number of nitrogens with zero attached hydrogens (tertiary/aromatic N) is 2. The average Bonchev–Trinajstić information content (AvgIpc) is 3.21. The molecule has 0 radical (unpaired) electrons. The number of hydrogen-bond donors (Lipinski definition) is 1. The second-order valence-corrected chi connectivity index (χ2v) is 9.28. The molecule has 1 amide bonds. The summed E-state index contributed by atoms with van der Waals surface area (Å²) >= 11 is 0. The summed E-state index contributed by atoms with van der Waals surface area (Å²) in [5, 5.41) is 0. The smallest absolute Gasteiger partial charge is 0.338 e. The Labute approximate surface area is 162 Å². The van der Waals surface area contributed by atoms with Gasteiger partial charge in [0.1, 0.15) is 0 Å². The third-order valence-corrected chi connectivity index (χ3v) is 7.50. The molecule has 0 aromatic heterocycles. The van der Waals surface area contributed by atoms with E-state index in [1.807, 2.05) is 11.8 Å². The van der Waals surface area contributed by atoms with Gasteiger partial charge in [-0.25, -0.2) is 8.42 Å². The molecule has 1 N–H and O–H groups in total. The van der Waals surface area contributed by atoms with E-state index < -0.39 is 21.8 Å². The Bertz CT molecular complexity index is 798. The van der Waals surface area contributed by atoms with E-state index in [1.165, 1.54) is 4.31 Å². The zero-order valence-corrected chi connectivity index (χ0v) is 16.5. The molecule has 1 aromatic carbocycles. The molecule has 1 atom stereocenters. The van der Waals surface area contributed by atoms with Crippen molar-refractivity contribution in [2.45, 2.75) is 36.9 Å². The van der Waals surface area contributed by atoms with Crippen LogP contribution in [0.2, 0.25) is 0 Å². The quantitative estimate of drug-likeness (QED) is 0.776. The Balaban J connectivity index is 1.62. The molecule has 0 aliphatic carbocycles. The molecule has 3 rings (SSSR count). The van der Waals surface area contributed by atoms with Gasteiger partial charge in [0.2, 0.25) is 10.0 Å². The van der Waals surface area contributed by atoms with E-state index in [4.69, 9.17) is 0 Å². The first-order chi connectivity index (χ1) is 13.1. The zero-order valence-electron chi connectivity index (χ0n) is 15.7. The minimum atomic E-state index is -4.50. The van der Waals surface area contributed by atoms with Gasteiger partial charge in [0.25, 0.3) is 5.91 Å². The van der Waals surface area contributed by atoms with E-state index in [-0.39, 0.29) is 29.9 Å². The Hall–Kier alpha value is -1.65. The number of hydrogen-bond acceptors (Lipinski definition) is 3. The SMILES string of the molecule is C[C@@H](C(=O)N1CCCC1)[NH+]1CCN(S(=O)(=O)c2ccc(C(F)(F)F)cc2)CC1.